The minimum absolute atomic E-state index is 0.135. The van der Waals surface area contributed by atoms with E-state index in [0.717, 1.165) is 97.5 Å². The lowest BCUT2D eigenvalue weighted by Gasteiger charge is -2.11. The minimum Gasteiger partial charge on any atom is -0.494 e. The Morgan fingerprint density at radius 3 is 2.28 bits per heavy atom. The van der Waals surface area contributed by atoms with Crippen LogP contribution in [0.4, 0.5) is 10.9 Å². The number of para-hydroxylation sites is 1. The molecule has 0 saturated heterocycles. The Morgan fingerprint density at radius 2 is 1.45 bits per heavy atom. The van der Waals surface area contributed by atoms with E-state index in [0.29, 0.717) is 24.2 Å². The van der Waals surface area contributed by atoms with Crippen LogP contribution < -0.4 is 20.1 Å². The van der Waals surface area contributed by atoms with Gasteiger partial charge < -0.3 is 20.1 Å². The van der Waals surface area contributed by atoms with Crippen LogP contribution in [0.3, 0.4) is 0 Å². The van der Waals surface area contributed by atoms with Gasteiger partial charge in [0, 0.05) is 12.0 Å². The molecule has 6 bridgehead atoms. The first-order valence-electron chi connectivity index (χ1n) is 16.4. The maximum Gasteiger partial charge on any atom is 0.230 e. The molecule has 4 heterocycles. The normalized spacial score (nSPS) is 17.1. The highest BCUT2D eigenvalue weighted by Crippen LogP contribution is 2.21. The molecule has 6 rings (SSSR count). The topological polar surface area (TPSA) is 128 Å². The first-order chi connectivity index (χ1) is 23.1. The molecule has 0 unspecified atom stereocenters. The molecular weight excluding hydrogens is 613 g/mol. The van der Waals surface area contributed by atoms with Crippen LogP contribution in [0.25, 0.3) is 0 Å². The fourth-order valence-electron chi connectivity index (χ4n) is 5.13. The number of benzene rings is 2. The molecule has 4 aromatic rings. The number of anilines is 2. The summed E-state index contributed by atoms with van der Waals surface area (Å²) in [6.07, 6.45) is 14.2. The summed E-state index contributed by atoms with van der Waals surface area (Å²) in [4.78, 5) is 25.4. The number of amides is 2. The summed E-state index contributed by atoms with van der Waals surface area (Å²) in [7, 11) is 0. The van der Waals surface area contributed by atoms with Gasteiger partial charge in [-0.1, -0.05) is 53.8 Å². The zero-order valence-corrected chi connectivity index (χ0v) is 27.5. The predicted molar refractivity (Wildman–Crippen MR) is 184 cm³/mol. The SMILES string of the molecule is O=C1Cc2ccccc2OCCCC/C=C/CCCCOc2cccc(c2)CC(=O)Nc2nnc(s2)CCCCc2ccc(nn2)N1. The van der Waals surface area contributed by atoms with Gasteiger partial charge in [-0.3, -0.25) is 9.59 Å². The fraction of sp³-hybridized carbons (Fsp3) is 0.389. The van der Waals surface area contributed by atoms with Crippen molar-refractivity contribution in [3.05, 3.63) is 94.6 Å². The van der Waals surface area contributed by atoms with Crippen LogP contribution in [-0.4, -0.2) is 45.4 Å². The number of rotatable bonds is 0. The molecule has 0 spiro atoms. The third-order valence-electron chi connectivity index (χ3n) is 7.58. The van der Waals surface area contributed by atoms with Crippen LogP contribution in [0, 0.1) is 0 Å². The quantitative estimate of drug-likeness (QED) is 0.196. The molecule has 0 fully saturated rings. The van der Waals surface area contributed by atoms with Crippen LogP contribution in [0.2, 0.25) is 0 Å². The number of hydrogen-bond acceptors (Lipinski definition) is 9. The smallest absolute Gasteiger partial charge is 0.230 e. The van der Waals surface area contributed by atoms with Crippen molar-refractivity contribution in [2.75, 3.05) is 23.8 Å². The maximum atomic E-state index is 12.8. The molecule has 10 nitrogen and oxygen atoms in total. The van der Waals surface area contributed by atoms with Crippen LogP contribution in [0.1, 0.15) is 73.2 Å². The van der Waals surface area contributed by atoms with Crippen LogP contribution >= 0.6 is 11.3 Å². The van der Waals surface area contributed by atoms with Crippen molar-refractivity contribution in [2.45, 2.75) is 77.0 Å². The number of carbonyl (C=O) groups is 2. The molecule has 2 aromatic heterocycles. The van der Waals surface area contributed by atoms with E-state index in [4.69, 9.17) is 9.47 Å². The summed E-state index contributed by atoms with van der Waals surface area (Å²) in [6.45, 7) is 1.24. The molecule has 11 heteroatoms. The van der Waals surface area contributed by atoms with Gasteiger partial charge in [0.25, 0.3) is 0 Å². The Hall–Kier alpha value is -4.64. The Morgan fingerprint density at radius 1 is 0.660 bits per heavy atom. The highest BCUT2D eigenvalue weighted by Gasteiger charge is 2.12. The molecule has 246 valence electrons. The zero-order valence-electron chi connectivity index (χ0n) is 26.7. The van der Waals surface area contributed by atoms with E-state index in [1.165, 1.54) is 11.3 Å². The largest absolute Gasteiger partial charge is 0.494 e. The lowest BCUT2D eigenvalue weighted by Crippen LogP contribution is -2.16. The van der Waals surface area contributed by atoms with Crippen molar-refractivity contribution < 1.29 is 19.1 Å². The second-order valence-electron chi connectivity index (χ2n) is 11.5. The number of nitrogens with zero attached hydrogens (tertiary/aromatic N) is 4. The third-order valence-corrected chi connectivity index (χ3v) is 8.48. The maximum absolute atomic E-state index is 12.8. The van der Waals surface area contributed by atoms with Gasteiger partial charge >= 0.3 is 0 Å². The van der Waals surface area contributed by atoms with E-state index >= 15 is 0 Å². The van der Waals surface area contributed by atoms with Gasteiger partial charge in [0.15, 0.2) is 5.82 Å². The predicted octanol–water partition coefficient (Wildman–Crippen LogP) is 6.92. The molecule has 0 aliphatic carbocycles. The number of carbonyl (C=O) groups excluding carboxylic acids is 2. The number of hydrogen-bond donors (Lipinski definition) is 2. The van der Waals surface area contributed by atoms with E-state index in [1.807, 2.05) is 54.6 Å². The van der Waals surface area contributed by atoms with Gasteiger partial charge in [-0.15, -0.1) is 15.3 Å². The van der Waals surface area contributed by atoms with Crippen LogP contribution in [0.5, 0.6) is 11.5 Å². The minimum atomic E-state index is -0.168. The van der Waals surface area contributed by atoms with Gasteiger partial charge in [0.05, 0.1) is 31.7 Å². The van der Waals surface area contributed by atoms with E-state index in [9.17, 15) is 9.59 Å². The van der Waals surface area contributed by atoms with E-state index in [2.05, 4.69) is 43.2 Å². The Bertz CT molecular complexity index is 1610. The Balaban J connectivity index is 1.16. The number of fused-ring (bicyclic) bond motifs is 19. The molecule has 47 heavy (non-hydrogen) atoms. The van der Waals surface area contributed by atoms with Crippen molar-refractivity contribution in [2.24, 2.45) is 0 Å². The Labute approximate surface area is 280 Å². The zero-order chi connectivity index (χ0) is 32.5. The molecule has 2 aliphatic heterocycles. The number of ether oxygens (including phenoxy) is 2. The fourth-order valence-corrected chi connectivity index (χ4v) is 5.93. The van der Waals surface area contributed by atoms with Crippen molar-refractivity contribution in [1.29, 1.82) is 0 Å². The summed E-state index contributed by atoms with van der Waals surface area (Å²) in [5.74, 6) is 1.63. The van der Waals surface area contributed by atoms with Crippen LogP contribution in [0.15, 0.2) is 72.8 Å². The second kappa shape index (κ2) is 18.5. The van der Waals surface area contributed by atoms with Gasteiger partial charge in [0.1, 0.15) is 16.5 Å². The third kappa shape index (κ3) is 11.9. The lowest BCUT2D eigenvalue weighted by atomic mass is 10.1. The average molecular weight is 655 g/mol. The average Bonchev–Trinajstić information content (AvgIpc) is 3.51. The first kappa shape index (κ1) is 33.7. The molecular formula is C36H42N6O4S. The molecule has 0 saturated carbocycles. The van der Waals surface area contributed by atoms with Gasteiger partial charge in [-0.05, 0) is 93.7 Å². The van der Waals surface area contributed by atoms with E-state index in [-0.39, 0.29) is 24.7 Å². The van der Waals surface area contributed by atoms with Crippen molar-refractivity contribution >= 4 is 34.1 Å². The summed E-state index contributed by atoms with van der Waals surface area (Å²) in [6, 6.07) is 19.0. The van der Waals surface area contributed by atoms with Gasteiger partial charge in [-0.25, -0.2) is 0 Å². The number of aromatic nitrogens is 4. The molecule has 0 atom stereocenters. The molecule has 2 N–H and O–H groups in total. The number of allylic oxidation sites excluding steroid dienone is 2. The number of aryl methyl sites for hydroxylation is 2. The standard InChI is InChI=1S/C36H42N6O4S/c43-33-25-27-14-13-17-30(24-27)45-22-11-5-3-1-2-4-6-12-23-46-31-18-9-7-15-28(31)26-34(44)37-32-21-20-29(39-40-32)16-8-10-19-35-41-42-36(38-33)47-35/h1-2,7,9,13-15,17-18,20-21,24H,3-6,8,10-12,16,19,22-23,25-26H2,(H,37,40,44)(H,38,42,43)/b2-1+. The van der Waals surface area contributed by atoms with E-state index in [1.54, 1.807) is 6.07 Å². The lowest BCUT2D eigenvalue weighted by molar-refractivity contribution is -0.116. The second-order valence-corrected chi connectivity index (χ2v) is 12.5. The highest BCUT2D eigenvalue weighted by atomic mass is 32.1. The van der Waals surface area contributed by atoms with Crippen molar-refractivity contribution in [3.8, 4) is 11.5 Å². The molecule has 2 aromatic carbocycles. The van der Waals surface area contributed by atoms with Crippen molar-refractivity contribution in [1.82, 2.24) is 20.4 Å². The molecule has 0 radical (unpaired) electrons. The molecule has 2 aliphatic rings. The van der Waals surface area contributed by atoms with Crippen molar-refractivity contribution in [3.63, 3.8) is 0 Å². The van der Waals surface area contributed by atoms with Crippen LogP contribution in [-0.2, 0) is 35.3 Å². The summed E-state index contributed by atoms with van der Waals surface area (Å²) >= 11 is 1.40. The Kier molecular flexibility index (Phi) is 13.3. The summed E-state index contributed by atoms with van der Waals surface area (Å²) in [5, 5.41) is 24.0. The van der Waals surface area contributed by atoms with Gasteiger partial charge in [0.2, 0.25) is 16.9 Å². The molecule has 2 amide bonds. The van der Waals surface area contributed by atoms with Gasteiger partial charge in [-0.2, -0.15) is 5.10 Å². The highest BCUT2D eigenvalue weighted by molar-refractivity contribution is 7.15. The number of nitrogens with one attached hydrogen (secondary N) is 2. The summed E-state index contributed by atoms with van der Waals surface area (Å²) in [5.41, 5.74) is 2.58. The monoisotopic (exact) mass is 654 g/mol. The first-order valence-corrected chi connectivity index (χ1v) is 17.2. The van der Waals surface area contributed by atoms with E-state index < -0.39 is 0 Å². The summed E-state index contributed by atoms with van der Waals surface area (Å²) < 4.78 is 12.0.